The van der Waals surface area contributed by atoms with E-state index in [1.54, 1.807) is 12.1 Å². The van der Waals surface area contributed by atoms with Gasteiger partial charge in [0.25, 0.3) is 5.91 Å². The maximum Gasteiger partial charge on any atom is 0.416 e. The first-order valence-corrected chi connectivity index (χ1v) is 10.3. The summed E-state index contributed by atoms with van der Waals surface area (Å²) in [5, 5.41) is 4.15. The van der Waals surface area contributed by atoms with E-state index >= 15 is 0 Å². The van der Waals surface area contributed by atoms with Gasteiger partial charge in [0.2, 0.25) is 0 Å². The van der Waals surface area contributed by atoms with Crippen molar-refractivity contribution in [1.29, 1.82) is 0 Å². The highest BCUT2D eigenvalue weighted by atomic mass is 35.5. The molecule has 5 nitrogen and oxygen atoms in total. The predicted octanol–water partition coefficient (Wildman–Crippen LogP) is 5.93. The number of carbonyl (C=O) groups is 1. The fraction of sp³-hybridized carbons (Fsp3) is 0.217. The topological polar surface area (TPSA) is 55.0 Å². The Morgan fingerprint density at radius 1 is 1.12 bits per heavy atom. The number of nitrogens with zero attached hydrogens (tertiary/aromatic N) is 2. The molecule has 0 fully saturated rings. The molecule has 0 N–H and O–H groups in total. The van der Waals surface area contributed by atoms with Crippen molar-refractivity contribution >= 4 is 23.2 Å². The molecule has 2 aromatic carbocycles. The zero-order valence-corrected chi connectivity index (χ0v) is 17.7. The average Bonchev–Trinajstić information content (AvgIpc) is 3.41. The average molecular weight is 481 g/mol. The fourth-order valence-corrected chi connectivity index (χ4v) is 3.62. The van der Waals surface area contributed by atoms with Crippen LogP contribution in [0.3, 0.4) is 0 Å². The number of hydrogen-bond acceptors (Lipinski definition) is 4. The Kier molecular flexibility index (Phi) is 6.42. The van der Waals surface area contributed by atoms with E-state index < -0.39 is 29.6 Å². The summed E-state index contributed by atoms with van der Waals surface area (Å²) in [7, 11) is 0. The van der Waals surface area contributed by atoms with Crippen LogP contribution in [0.25, 0.3) is 0 Å². The highest BCUT2D eigenvalue weighted by Gasteiger charge is 2.32. The van der Waals surface area contributed by atoms with Crippen LogP contribution in [0.2, 0.25) is 5.22 Å². The molecule has 10 heteroatoms. The fourth-order valence-electron chi connectivity index (χ4n) is 3.48. The molecule has 3 aromatic rings. The molecule has 33 heavy (non-hydrogen) atoms. The van der Waals surface area contributed by atoms with E-state index in [4.69, 9.17) is 20.9 Å². The second-order valence-corrected chi connectivity index (χ2v) is 7.84. The minimum atomic E-state index is -4.52. The van der Waals surface area contributed by atoms with E-state index in [0.717, 1.165) is 18.2 Å². The third kappa shape index (κ3) is 5.54. The second-order valence-electron chi connectivity index (χ2n) is 7.47. The highest BCUT2D eigenvalue weighted by Crippen LogP contribution is 2.30. The van der Waals surface area contributed by atoms with Crippen LogP contribution in [-0.2, 0) is 17.6 Å². The van der Waals surface area contributed by atoms with Crippen LogP contribution in [0.5, 0.6) is 0 Å². The lowest BCUT2D eigenvalue weighted by Gasteiger charge is -2.25. The van der Waals surface area contributed by atoms with Gasteiger partial charge in [-0.2, -0.15) is 13.2 Å². The van der Waals surface area contributed by atoms with E-state index in [2.05, 4.69) is 5.16 Å². The van der Waals surface area contributed by atoms with E-state index in [-0.39, 0.29) is 29.4 Å². The van der Waals surface area contributed by atoms with Crippen molar-refractivity contribution in [3.8, 4) is 0 Å². The quantitative estimate of drug-likeness (QED) is 0.411. The number of amides is 1. The molecule has 1 aromatic heterocycles. The number of alkyl halides is 3. The minimum Gasteiger partial charge on any atom is -0.443 e. The number of rotatable bonds is 6. The highest BCUT2D eigenvalue weighted by molar-refractivity contribution is 6.29. The number of hydrogen-bond donors (Lipinski definition) is 0. The number of halogens is 5. The Morgan fingerprint density at radius 3 is 2.61 bits per heavy atom. The number of furan rings is 1. The standard InChI is InChI=1S/C23H17ClF4N2O3/c24-21-8-7-20(32-21)19-11-18(33-29-19)13-30(22(31)15-4-2-6-17(25)10-15)12-14-3-1-5-16(9-14)23(26,27)28/h1-10,18H,11-13H2/t18-/m0/s1. The van der Waals surface area contributed by atoms with Gasteiger partial charge in [0.15, 0.2) is 17.1 Å². The van der Waals surface area contributed by atoms with Gasteiger partial charge in [-0.3, -0.25) is 4.79 Å². The first-order valence-electron chi connectivity index (χ1n) is 9.88. The normalized spacial score (nSPS) is 15.8. The molecule has 0 radical (unpaired) electrons. The maximum absolute atomic E-state index is 13.7. The maximum atomic E-state index is 13.7. The second kappa shape index (κ2) is 9.27. The molecular formula is C23H17ClF4N2O3. The van der Waals surface area contributed by atoms with Crippen molar-refractivity contribution in [2.24, 2.45) is 5.16 Å². The van der Waals surface area contributed by atoms with E-state index in [0.29, 0.717) is 17.9 Å². The van der Waals surface area contributed by atoms with Crippen LogP contribution < -0.4 is 0 Å². The summed E-state index contributed by atoms with van der Waals surface area (Å²) in [6.45, 7) is -0.131. The van der Waals surface area contributed by atoms with E-state index in [1.165, 1.54) is 35.2 Å². The van der Waals surface area contributed by atoms with Gasteiger partial charge in [0, 0.05) is 18.5 Å². The summed E-state index contributed by atoms with van der Waals surface area (Å²) >= 11 is 5.79. The Hall–Kier alpha value is -3.33. The monoisotopic (exact) mass is 480 g/mol. The zero-order valence-electron chi connectivity index (χ0n) is 17.0. The zero-order chi connectivity index (χ0) is 23.6. The third-order valence-corrected chi connectivity index (χ3v) is 5.20. The van der Waals surface area contributed by atoms with Crippen LogP contribution in [-0.4, -0.2) is 29.2 Å². The van der Waals surface area contributed by atoms with Crippen LogP contribution >= 0.6 is 11.6 Å². The van der Waals surface area contributed by atoms with Crippen LogP contribution in [0, 0.1) is 5.82 Å². The van der Waals surface area contributed by atoms with Gasteiger partial charge < -0.3 is 14.2 Å². The molecule has 1 aliphatic rings. The van der Waals surface area contributed by atoms with Crippen molar-refractivity contribution in [2.45, 2.75) is 25.2 Å². The SMILES string of the molecule is O=C(c1cccc(F)c1)N(Cc1cccc(C(F)(F)F)c1)C[C@@H]1CC(c2ccc(Cl)o2)=NO1. The number of carbonyl (C=O) groups excluding carboxylic acids is 1. The molecule has 0 saturated carbocycles. The minimum absolute atomic E-state index is 0.00698. The molecule has 1 atom stereocenters. The first kappa shape index (κ1) is 22.8. The van der Waals surface area contributed by atoms with Crippen molar-refractivity contribution in [3.63, 3.8) is 0 Å². The van der Waals surface area contributed by atoms with E-state index in [9.17, 15) is 22.4 Å². The van der Waals surface area contributed by atoms with Crippen LogP contribution in [0.15, 0.2) is 70.2 Å². The van der Waals surface area contributed by atoms with Crippen molar-refractivity contribution in [2.75, 3.05) is 6.54 Å². The van der Waals surface area contributed by atoms with Gasteiger partial charge in [0.1, 0.15) is 11.5 Å². The number of benzene rings is 2. The predicted molar refractivity (Wildman–Crippen MR) is 112 cm³/mol. The summed E-state index contributed by atoms with van der Waals surface area (Å²) in [6, 6.07) is 13.0. The molecule has 0 bridgehead atoms. The molecule has 172 valence electrons. The summed E-state index contributed by atoms with van der Waals surface area (Å²) < 4.78 is 58.4. The van der Waals surface area contributed by atoms with Gasteiger partial charge in [-0.15, -0.1) is 0 Å². The van der Waals surface area contributed by atoms with Crippen molar-refractivity contribution in [3.05, 3.63) is 94.2 Å². The Bertz CT molecular complexity index is 1190. The molecular weight excluding hydrogens is 464 g/mol. The van der Waals surface area contributed by atoms with Crippen LogP contribution in [0.1, 0.15) is 33.7 Å². The Labute approximate surface area is 191 Å². The smallest absolute Gasteiger partial charge is 0.416 e. The summed E-state index contributed by atoms with van der Waals surface area (Å²) in [5.74, 6) is -0.731. The Balaban J connectivity index is 1.55. The molecule has 0 spiro atoms. The lowest BCUT2D eigenvalue weighted by molar-refractivity contribution is -0.137. The van der Waals surface area contributed by atoms with Crippen molar-refractivity contribution in [1.82, 2.24) is 4.90 Å². The summed E-state index contributed by atoms with van der Waals surface area (Å²) in [6.07, 6.45) is -4.80. The number of oxime groups is 1. The summed E-state index contributed by atoms with van der Waals surface area (Å²) in [4.78, 5) is 19.9. The Morgan fingerprint density at radius 2 is 1.91 bits per heavy atom. The molecule has 0 saturated heterocycles. The van der Waals surface area contributed by atoms with Gasteiger partial charge in [-0.05, 0) is 59.6 Å². The lowest BCUT2D eigenvalue weighted by Crippen LogP contribution is -2.37. The first-order chi connectivity index (χ1) is 15.7. The molecule has 0 unspecified atom stereocenters. The largest absolute Gasteiger partial charge is 0.443 e. The molecule has 4 rings (SSSR count). The molecule has 0 aliphatic carbocycles. The lowest BCUT2D eigenvalue weighted by atomic mass is 10.1. The van der Waals surface area contributed by atoms with Crippen molar-refractivity contribution < 1.29 is 31.6 Å². The van der Waals surface area contributed by atoms with Crippen LogP contribution in [0.4, 0.5) is 17.6 Å². The molecule has 1 amide bonds. The van der Waals surface area contributed by atoms with Gasteiger partial charge in [0.05, 0.1) is 12.1 Å². The molecule has 1 aliphatic heterocycles. The molecule has 2 heterocycles. The van der Waals surface area contributed by atoms with Gasteiger partial charge in [-0.25, -0.2) is 4.39 Å². The van der Waals surface area contributed by atoms with E-state index in [1.807, 2.05) is 0 Å². The van der Waals surface area contributed by atoms with Gasteiger partial charge in [-0.1, -0.05) is 23.4 Å². The van der Waals surface area contributed by atoms with Gasteiger partial charge >= 0.3 is 6.18 Å². The third-order valence-electron chi connectivity index (χ3n) is 5.00. The summed E-state index contributed by atoms with van der Waals surface area (Å²) in [5.41, 5.74) is 0.00479.